The zero-order chi connectivity index (χ0) is 17.4. The quantitative estimate of drug-likeness (QED) is 0.271. The molecule has 2 rings (SSSR count). The van der Waals surface area contributed by atoms with Gasteiger partial charge in [0.2, 0.25) is 0 Å². The van der Waals surface area contributed by atoms with Gasteiger partial charge in [-0.3, -0.25) is 4.99 Å². The highest BCUT2D eigenvalue weighted by Crippen LogP contribution is 2.25. The number of aliphatic imine (C=N–C) groups is 1. The third-order valence-corrected chi connectivity index (χ3v) is 4.08. The number of rotatable bonds is 7. The van der Waals surface area contributed by atoms with Gasteiger partial charge in [-0.05, 0) is 24.5 Å². The number of pyridine rings is 1. The van der Waals surface area contributed by atoms with Gasteiger partial charge in [0, 0.05) is 45.5 Å². The molecule has 1 unspecified atom stereocenters. The van der Waals surface area contributed by atoms with E-state index in [1.165, 1.54) is 0 Å². The number of nitrogens with one attached hydrogen (secondary N) is 2. The molecular weight excluding hydrogens is 453 g/mol. The molecule has 0 bridgehead atoms. The molecule has 0 aromatic carbocycles. The summed E-state index contributed by atoms with van der Waals surface area (Å²) in [6, 6.07) is 4.05. The van der Waals surface area contributed by atoms with Crippen molar-refractivity contribution in [3.05, 3.63) is 23.4 Å². The summed E-state index contributed by atoms with van der Waals surface area (Å²) < 4.78 is 5.57. The van der Waals surface area contributed by atoms with Crippen LogP contribution < -0.4 is 15.5 Å². The van der Waals surface area contributed by atoms with Gasteiger partial charge < -0.3 is 20.3 Å². The van der Waals surface area contributed by atoms with E-state index in [4.69, 9.17) is 16.3 Å². The first-order valence-corrected chi connectivity index (χ1v) is 8.88. The minimum Gasteiger partial charge on any atom is -0.379 e. The number of ether oxygens (including phenoxy) is 1. The minimum atomic E-state index is 0. The van der Waals surface area contributed by atoms with Crippen LogP contribution in [0.2, 0.25) is 5.02 Å². The van der Waals surface area contributed by atoms with Gasteiger partial charge in [0.15, 0.2) is 5.96 Å². The highest BCUT2D eigenvalue weighted by Gasteiger charge is 2.25. The van der Waals surface area contributed by atoms with Crippen molar-refractivity contribution in [3.8, 4) is 0 Å². The van der Waals surface area contributed by atoms with E-state index < -0.39 is 0 Å². The molecule has 8 heteroatoms. The lowest BCUT2D eigenvalue weighted by Crippen LogP contribution is -2.45. The molecule has 1 aromatic rings. The second kappa shape index (κ2) is 11.7. The van der Waals surface area contributed by atoms with Crippen molar-refractivity contribution in [1.82, 2.24) is 15.6 Å². The summed E-state index contributed by atoms with van der Waals surface area (Å²) in [6.45, 7) is 8.30. The van der Waals surface area contributed by atoms with Crippen molar-refractivity contribution in [3.63, 3.8) is 0 Å². The Kier molecular flexibility index (Phi) is 10.4. The van der Waals surface area contributed by atoms with Gasteiger partial charge >= 0.3 is 0 Å². The lowest BCUT2D eigenvalue weighted by atomic mass is 10.2. The van der Waals surface area contributed by atoms with Crippen molar-refractivity contribution in [2.24, 2.45) is 10.9 Å². The summed E-state index contributed by atoms with van der Waals surface area (Å²) in [5, 5.41) is 7.44. The van der Waals surface area contributed by atoms with Crippen LogP contribution in [0, 0.1) is 5.92 Å². The fourth-order valence-corrected chi connectivity index (χ4v) is 2.87. The molecule has 0 radical (unpaired) electrons. The van der Waals surface area contributed by atoms with Gasteiger partial charge in [0.25, 0.3) is 0 Å². The van der Waals surface area contributed by atoms with E-state index in [2.05, 4.69) is 39.4 Å². The first-order valence-electron chi connectivity index (χ1n) is 8.50. The van der Waals surface area contributed by atoms with Gasteiger partial charge in [0.05, 0.1) is 11.6 Å². The molecule has 2 heterocycles. The summed E-state index contributed by atoms with van der Waals surface area (Å²) in [6.07, 6.45) is 2.80. The highest BCUT2D eigenvalue weighted by molar-refractivity contribution is 14.0. The van der Waals surface area contributed by atoms with Crippen molar-refractivity contribution < 1.29 is 4.74 Å². The predicted molar refractivity (Wildman–Crippen MR) is 115 cm³/mol. The Balaban J connectivity index is 0.00000312. The second-order valence-electron chi connectivity index (χ2n) is 6.35. The van der Waals surface area contributed by atoms with Crippen LogP contribution in [-0.2, 0) is 4.74 Å². The molecule has 6 nitrogen and oxygen atoms in total. The summed E-state index contributed by atoms with van der Waals surface area (Å²) in [5.41, 5.74) is 0. The summed E-state index contributed by atoms with van der Waals surface area (Å²) in [5.74, 6) is 2.22. The topological polar surface area (TPSA) is 61.8 Å². The van der Waals surface area contributed by atoms with E-state index >= 15 is 0 Å². The zero-order valence-electron chi connectivity index (χ0n) is 15.2. The fourth-order valence-electron chi connectivity index (χ4n) is 2.63. The minimum absolute atomic E-state index is 0. The number of guanidine groups is 1. The van der Waals surface area contributed by atoms with Crippen LogP contribution in [-0.4, -0.2) is 56.9 Å². The van der Waals surface area contributed by atoms with E-state index in [1.54, 1.807) is 13.2 Å². The summed E-state index contributed by atoms with van der Waals surface area (Å²) in [4.78, 5) is 10.9. The molecule has 0 aliphatic carbocycles. The van der Waals surface area contributed by atoms with E-state index in [0.717, 1.165) is 44.4 Å². The SMILES string of the molecule is CN=C(NCCOCC(C)C)NC1CCN(c2ncccc2Cl)C1.I. The summed E-state index contributed by atoms with van der Waals surface area (Å²) in [7, 11) is 1.78. The monoisotopic (exact) mass is 481 g/mol. The molecule has 142 valence electrons. The molecule has 0 amide bonds. The van der Waals surface area contributed by atoms with Crippen molar-refractivity contribution in [2.75, 3.05) is 44.8 Å². The first kappa shape index (κ1) is 22.2. The van der Waals surface area contributed by atoms with Crippen molar-refractivity contribution in [1.29, 1.82) is 0 Å². The molecule has 0 spiro atoms. The predicted octanol–water partition coefficient (Wildman–Crippen LogP) is 2.77. The first-order chi connectivity index (χ1) is 11.6. The molecule has 1 aliphatic rings. The number of halogens is 2. The van der Waals surface area contributed by atoms with Crippen LogP contribution in [0.5, 0.6) is 0 Å². The molecule has 1 aliphatic heterocycles. The Morgan fingerprint density at radius 2 is 2.32 bits per heavy atom. The highest BCUT2D eigenvalue weighted by atomic mass is 127. The smallest absolute Gasteiger partial charge is 0.191 e. The molecule has 2 N–H and O–H groups in total. The Morgan fingerprint density at radius 1 is 1.52 bits per heavy atom. The van der Waals surface area contributed by atoms with Crippen LogP contribution in [0.3, 0.4) is 0 Å². The van der Waals surface area contributed by atoms with Gasteiger partial charge in [0.1, 0.15) is 5.82 Å². The number of hydrogen-bond donors (Lipinski definition) is 2. The van der Waals surface area contributed by atoms with Gasteiger partial charge in [-0.1, -0.05) is 25.4 Å². The van der Waals surface area contributed by atoms with Crippen molar-refractivity contribution in [2.45, 2.75) is 26.3 Å². The van der Waals surface area contributed by atoms with E-state index in [-0.39, 0.29) is 24.0 Å². The standard InChI is InChI=1S/C17H28ClN5O.HI/c1-13(2)12-24-10-8-21-17(19-3)22-14-6-9-23(11-14)16-15(18)5-4-7-20-16;/h4-5,7,13-14H,6,8-12H2,1-3H3,(H2,19,21,22);1H. The fraction of sp³-hybridized carbons (Fsp3) is 0.647. The lowest BCUT2D eigenvalue weighted by molar-refractivity contribution is 0.114. The number of nitrogens with zero attached hydrogens (tertiary/aromatic N) is 3. The van der Waals surface area contributed by atoms with E-state index in [1.807, 2.05) is 12.1 Å². The van der Waals surface area contributed by atoms with Gasteiger partial charge in [-0.25, -0.2) is 4.98 Å². The van der Waals surface area contributed by atoms with Crippen LogP contribution in [0.1, 0.15) is 20.3 Å². The number of hydrogen-bond acceptors (Lipinski definition) is 4. The van der Waals surface area contributed by atoms with Gasteiger partial charge in [-0.2, -0.15) is 0 Å². The van der Waals surface area contributed by atoms with Gasteiger partial charge in [-0.15, -0.1) is 24.0 Å². The molecular formula is C17H29ClIN5O. The third kappa shape index (κ3) is 7.53. The van der Waals surface area contributed by atoms with E-state index in [0.29, 0.717) is 23.6 Å². The Hall–Kier alpha value is -0.800. The summed E-state index contributed by atoms with van der Waals surface area (Å²) >= 11 is 6.23. The Morgan fingerprint density at radius 3 is 3.00 bits per heavy atom. The van der Waals surface area contributed by atoms with Crippen LogP contribution >= 0.6 is 35.6 Å². The molecule has 1 atom stereocenters. The maximum atomic E-state index is 6.23. The average Bonchev–Trinajstić information content (AvgIpc) is 3.02. The number of anilines is 1. The maximum Gasteiger partial charge on any atom is 0.191 e. The van der Waals surface area contributed by atoms with Crippen LogP contribution in [0.15, 0.2) is 23.3 Å². The molecule has 1 aromatic heterocycles. The normalized spacial score (nSPS) is 17.6. The second-order valence-corrected chi connectivity index (χ2v) is 6.76. The van der Waals surface area contributed by atoms with Crippen LogP contribution in [0.4, 0.5) is 5.82 Å². The average molecular weight is 482 g/mol. The molecule has 1 fully saturated rings. The Labute approximate surface area is 172 Å². The maximum absolute atomic E-state index is 6.23. The third-order valence-electron chi connectivity index (χ3n) is 3.78. The van der Waals surface area contributed by atoms with E-state index in [9.17, 15) is 0 Å². The largest absolute Gasteiger partial charge is 0.379 e. The molecule has 1 saturated heterocycles. The Bertz CT molecular complexity index is 544. The molecule has 0 saturated carbocycles. The zero-order valence-corrected chi connectivity index (χ0v) is 18.3. The van der Waals surface area contributed by atoms with Crippen LogP contribution in [0.25, 0.3) is 0 Å². The molecule has 25 heavy (non-hydrogen) atoms. The lowest BCUT2D eigenvalue weighted by Gasteiger charge is -2.20. The van der Waals surface area contributed by atoms with Crippen molar-refractivity contribution >= 4 is 47.4 Å². The number of aromatic nitrogens is 1.